The molecule has 0 amide bonds. The van der Waals surface area contributed by atoms with Gasteiger partial charge in [0.1, 0.15) is 9.79 Å². The van der Waals surface area contributed by atoms with Crippen LogP contribution in [0.5, 0.6) is 0 Å². The summed E-state index contributed by atoms with van der Waals surface area (Å²) in [6.45, 7) is 0. The minimum atomic E-state index is -4.58. The zero-order chi connectivity index (χ0) is 32.6. The Balaban J connectivity index is 1.24. The van der Waals surface area contributed by atoms with Crippen LogP contribution in [0.15, 0.2) is 139 Å². The van der Waals surface area contributed by atoms with Gasteiger partial charge in [-0.25, -0.2) is 0 Å². The topological polar surface area (TPSA) is 210 Å². The first-order chi connectivity index (χ1) is 21.9. The lowest BCUT2D eigenvalue weighted by atomic mass is 10.1. The molecule has 6 aromatic carbocycles. The summed E-state index contributed by atoms with van der Waals surface area (Å²) in [5.41, 5.74) is 15.1. The van der Waals surface area contributed by atoms with Gasteiger partial charge in [0.15, 0.2) is 0 Å². The molecule has 0 fully saturated rings. The van der Waals surface area contributed by atoms with Crippen molar-refractivity contribution in [1.82, 2.24) is 0 Å². The van der Waals surface area contributed by atoms with Crippen LogP contribution in [0.2, 0.25) is 0 Å². The van der Waals surface area contributed by atoms with Crippen molar-refractivity contribution < 1.29 is 25.9 Å². The molecule has 46 heavy (non-hydrogen) atoms. The molecule has 230 valence electrons. The van der Waals surface area contributed by atoms with Crippen LogP contribution in [-0.4, -0.2) is 25.9 Å². The Hall–Kier alpha value is -5.54. The molecule has 0 unspecified atom stereocenters. The normalized spacial score (nSPS) is 12.5. The maximum absolute atomic E-state index is 11.9. The molecule has 0 heterocycles. The van der Waals surface area contributed by atoms with Gasteiger partial charge >= 0.3 is 0 Å². The van der Waals surface area contributed by atoms with E-state index < -0.39 is 30.0 Å². The zero-order valence-electron chi connectivity index (χ0n) is 23.7. The first-order valence-corrected chi connectivity index (χ1v) is 16.4. The van der Waals surface area contributed by atoms with Crippen molar-refractivity contribution in [2.75, 3.05) is 11.5 Å². The second-order valence-corrected chi connectivity index (χ2v) is 12.9. The molecule has 0 aliphatic carbocycles. The van der Waals surface area contributed by atoms with Crippen LogP contribution in [0.3, 0.4) is 0 Å². The van der Waals surface area contributed by atoms with E-state index in [-0.39, 0.29) is 22.7 Å². The highest BCUT2D eigenvalue weighted by atomic mass is 32.2. The molecule has 6 aromatic rings. The van der Waals surface area contributed by atoms with Crippen LogP contribution in [0.1, 0.15) is 0 Å². The molecule has 0 aliphatic rings. The number of anilines is 2. The van der Waals surface area contributed by atoms with Crippen LogP contribution in [-0.2, 0) is 20.2 Å². The SMILES string of the molecule is Nc1c(S(=O)(=O)O)cc(N=Nc2ccc(-c3ccc(N=Nc4cc(S(=O)(=O)O)c(N)c5ccccc45)cc3)cc2)c2ccccc12. The summed E-state index contributed by atoms with van der Waals surface area (Å²) in [6, 6.07) is 30.4. The smallest absolute Gasteiger partial charge is 0.296 e. The van der Waals surface area contributed by atoms with Gasteiger partial charge in [-0.15, -0.1) is 10.2 Å². The predicted molar refractivity (Wildman–Crippen MR) is 177 cm³/mol. The second kappa shape index (κ2) is 11.8. The van der Waals surface area contributed by atoms with Crippen molar-refractivity contribution >= 4 is 75.9 Å². The van der Waals surface area contributed by atoms with Crippen molar-refractivity contribution in [3.8, 4) is 11.1 Å². The molecule has 0 saturated heterocycles. The molecular formula is C32H24N6O6S2. The number of hydrogen-bond acceptors (Lipinski definition) is 10. The number of nitrogen functional groups attached to an aromatic ring is 2. The Labute approximate surface area is 263 Å². The van der Waals surface area contributed by atoms with Crippen molar-refractivity contribution in [2.45, 2.75) is 9.79 Å². The number of nitrogens with zero attached hydrogens (tertiary/aromatic N) is 4. The van der Waals surface area contributed by atoms with E-state index in [9.17, 15) is 25.9 Å². The highest BCUT2D eigenvalue weighted by Crippen LogP contribution is 2.38. The molecule has 0 saturated carbocycles. The fraction of sp³-hybridized carbons (Fsp3) is 0. The lowest BCUT2D eigenvalue weighted by Crippen LogP contribution is -2.03. The zero-order valence-corrected chi connectivity index (χ0v) is 25.3. The number of azo groups is 2. The predicted octanol–water partition coefficient (Wildman–Crippen LogP) is 8.15. The largest absolute Gasteiger partial charge is 0.397 e. The Morgan fingerprint density at radius 1 is 0.457 bits per heavy atom. The third-order valence-electron chi connectivity index (χ3n) is 7.22. The van der Waals surface area contributed by atoms with Gasteiger partial charge in [0.2, 0.25) is 0 Å². The molecule has 0 spiro atoms. The summed E-state index contributed by atoms with van der Waals surface area (Å²) in [5, 5.41) is 19.0. The van der Waals surface area contributed by atoms with Crippen molar-refractivity contribution in [3.63, 3.8) is 0 Å². The highest BCUT2D eigenvalue weighted by molar-refractivity contribution is 7.86. The highest BCUT2D eigenvalue weighted by Gasteiger charge is 2.20. The van der Waals surface area contributed by atoms with Crippen LogP contribution < -0.4 is 11.5 Å². The van der Waals surface area contributed by atoms with E-state index in [1.165, 1.54) is 12.1 Å². The Morgan fingerprint density at radius 3 is 1.11 bits per heavy atom. The number of hydrogen-bond donors (Lipinski definition) is 4. The van der Waals surface area contributed by atoms with E-state index in [1.54, 1.807) is 72.8 Å². The van der Waals surface area contributed by atoms with E-state index in [0.29, 0.717) is 32.9 Å². The minimum absolute atomic E-state index is 0.0704. The maximum atomic E-state index is 11.9. The summed E-state index contributed by atoms with van der Waals surface area (Å²) < 4.78 is 66.8. The average molecular weight is 653 g/mol. The fourth-order valence-electron chi connectivity index (χ4n) is 4.96. The second-order valence-electron chi connectivity index (χ2n) is 10.2. The van der Waals surface area contributed by atoms with Crippen LogP contribution in [0, 0.1) is 0 Å². The van der Waals surface area contributed by atoms with E-state index in [1.807, 2.05) is 24.3 Å². The molecule has 0 bridgehead atoms. The third-order valence-corrected chi connectivity index (χ3v) is 9.01. The molecule has 12 nitrogen and oxygen atoms in total. The molecule has 0 radical (unpaired) electrons. The van der Waals surface area contributed by atoms with Crippen LogP contribution in [0.25, 0.3) is 32.7 Å². The summed E-state index contributed by atoms with van der Waals surface area (Å²) in [6.07, 6.45) is 0. The quantitative estimate of drug-likeness (QED) is 0.0749. The van der Waals surface area contributed by atoms with Gasteiger partial charge in [-0.3, -0.25) is 9.11 Å². The van der Waals surface area contributed by atoms with Crippen molar-refractivity contribution in [3.05, 3.63) is 109 Å². The molecule has 6 N–H and O–H groups in total. The molecule has 0 atom stereocenters. The average Bonchev–Trinajstić information content (AvgIpc) is 3.04. The summed E-state index contributed by atoms with van der Waals surface area (Å²) in [5.74, 6) is 0. The van der Waals surface area contributed by atoms with Crippen molar-refractivity contribution in [2.24, 2.45) is 20.5 Å². The molecule has 0 aliphatic heterocycles. The molecular weight excluding hydrogens is 629 g/mol. The lowest BCUT2D eigenvalue weighted by molar-refractivity contribution is 0.481. The van der Waals surface area contributed by atoms with Gasteiger partial charge in [0.25, 0.3) is 20.2 Å². The number of nitrogens with two attached hydrogens (primary N) is 2. The molecule has 0 aromatic heterocycles. The standard InChI is InChI=1S/C32H24N6O6S2/c33-31-25-7-3-1-5-23(25)27(17-29(31)45(39,40)41)37-35-21-13-9-19(10-14-21)20-11-15-22(16-12-20)36-38-28-18-30(46(42,43)44)32(34)26-8-4-2-6-24(26)28/h1-18H,33-34H2,(H,39,40,41)(H,42,43,44). The first-order valence-electron chi connectivity index (χ1n) is 13.5. The monoisotopic (exact) mass is 652 g/mol. The Kier molecular flexibility index (Phi) is 7.79. The first kappa shape index (κ1) is 30.5. The third kappa shape index (κ3) is 6.05. The summed E-state index contributed by atoms with van der Waals surface area (Å²) in [4.78, 5) is -0.883. The van der Waals surface area contributed by atoms with Crippen LogP contribution in [0.4, 0.5) is 34.1 Å². The lowest BCUT2D eigenvalue weighted by Gasteiger charge is -2.09. The van der Waals surface area contributed by atoms with Crippen LogP contribution >= 0.6 is 0 Å². The van der Waals surface area contributed by atoms with Gasteiger partial charge in [0.05, 0.1) is 34.1 Å². The number of fused-ring (bicyclic) bond motifs is 2. The van der Waals surface area contributed by atoms with E-state index in [4.69, 9.17) is 11.5 Å². The number of benzene rings is 6. The minimum Gasteiger partial charge on any atom is -0.397 e. The summed E-state index contributed by atoms with van der Waals surface area (Å²) >= 11 is 0. The van der Waals surface area contributed by atoms with Gasteiger partial charge in [0, 0.05) is 21.5 Å². The fourth-order valence-corrected chi connectivity index (χ4v) is 6.26. The molecule has 6 rings (SSSR count). The van der Waals surface area contributed by atoms with E-state index >= 15 is 0 Å². The van der Waals surface area contributed by atoms with E-state index in [0.717, 1.165) is 11.1 Å². The van der Waals surface area contributed by atoms with Gasteiger partial charge in [-0.05, 0) is 47.5 Å². The van der Waals surface area contributed by atoms with Gasteiger partial charge in [-0.2, -0.15) is 27.1 Å². The van der Waals surface area contributed by atoms with Gasteiger partial charge < -0.3 is 11.5 Å². The summed E-state index contributed by atoms with van der Waals surface area (Å²) in [7, 11) is -9.16. The van der Waals surface area contributed by atoms with Gasteiger partial charge in [-0.1, -0.05) is 72.8 Å². The Bertz CT molecular complexity index is 2260. The van der Waals surface area contributed by atoms with Crippen molar-refractivity contribution in [1.29, 1.82) is 0 Å². The maximum Gasteiger partial charge on any atom is 0.296 e. The molecule has 14 heteroatoms. The van der Waals surface area contributed by atoms with E-state index in [2.05, 4.69) is 20.5 Å². The Morgan fingerprint density at radius 2 is 0.783 bits per heavy atom. The number of rotatable bonds is 7.